The van der Waals surface area contributed by atoms with E-state index in [0.29, 0.717) is 22.6 Å². The molecule has 0 fully saturated rings. The number of aryl methyl sites for hydroxylation is 1. The number of hydrogen-bond donors (Lipinski definition) is 1. The predicted molar refractivity (Wildman–Crippen MR) is 107 cm³/mol. The topological polar surface area (TPSA) is 64.0 Å². The Labute approximate surface area is 156 Å². The molecule has 3 rings (SSSR count). The third-order valence-electron chi connectivity index (χ3n) is 4.08. The van der Waals surface area contributed by atoms with Crippen molar-refractivity contribution in [1.82, 2.24) is 9.55 Å². The molecule has 1 aromatic heterocycles. The number of nitrogens with zero attached hydrogens (tertiary/aromatic N) is 2. The van der Waals surface area contributed by atoms with Crippen molar-refractivity contribution in [3.8, 4) is 0 Å². The molecular weight excluding hydrogens is 346 g/mol. The summed E-state index contributed by atoms with van der Waals surface area (Å²) < 4.78 is 1.61. The van der Waals surface area contributed by atoms with E-state index in [1.165, 1.54) is 11.8 Å². The van der Waals surface area contributed by atoms with Crippen LogP contribution in [-0.2, 0) is 11.3 Å². The summed E-state index contributed by atoms with van der Waals surface area (Å²) in [6, 6.07) is 14.9. The number of anilines is 1. The number of nitrogens with one attached hydrogen (secondary N) is 1. The highest BCUT2D eigenvalue weighted by Crippen LogP contribution is 2.23. The molecule has 5 nitrogen and oxygen atoms in total. The molecule has 6 heteroatoms. The fourth-order valence-corrected chi connectivity index (χ4v) is 3.67. The Kier molecular flexibility index (Phi) is 5.42. The van der Waals surface area contributed by atoms with Crippen LogP contribution in [0.25, 0.3) is 10.9 Å². The van der Waals surface area contributed by atoms with E-state index in [1.807, 2.05) is 63.2 Å². The van der Waals surface area contributed by atoms with Crippen molar-refractivity contribution >= 4 is 34.3 Å². The minimum atomic E-state index is -0.388. The van der Waals surface area contributed by atoms with Crippen molar-refractivity contribution in [1.29, 1.82) is 0 Å². The maximum atomic E-state index is 12.7. The lowest BCUT2D eigenvalue weighted by Gasteiger charge is -2.15. The van der Waals surface area contributed by atoms with Crippen LogP contribution in [0.2, 0.25) is 0 Å². The highest BCUT2D eigenvalue weighted by Gasteiger charge is 2.19. The molecule has 0 aliphatic carbocycles. The van der Waals surface area contributed by atoms with Gasteiger partial charge in [-0.2, -0.15) is 0 Å². The second-order valence-corrected chi connectivity index (χ2v) is 7.39. The van der Waals surface area contributed by atoms with Gasteiger partial charge < -0.3 is 5.32 Å². The first-order valence-electron chi connectivity index (χ1n) is 8.53. The zero-order valence-electron chi connectivity index (χ0n) is 15.0. The van der Waals surface area contributed by atoms with Gasteiger partial charge in [-0.05, 0) is 50.6 Å². The molecule has 0 aliphatic rings. The molecule has 0 unspecified atom stereocenters. The van der Waals surface area contributed by atoms with E-state index in [0.717, 1.165) is 11.3 Å². The van der Waals surface area contributed by atoms with Gasteiger partial charge in [-0.3, -0.25) is 14.2 Å². The highest BCUT2D eigenvalue weighted by atomic mass is 32.2. The number of para-hydroxylation sites is 1. The van der Waals surface area contributed by atoms with Gasteiger partial charge >= 0.3 is 0 Å². The Morgan fingerprint density at radius 3 is 2.73 bits per heavy atom. The Balaban J connectivity index is 1.85. The van der Waals surface area contributed by atoms with Gasteiger partial charge in [0.05, 0.1) is 16.2 Å². The monoisotopic (exact) mass is 367 g/mol. The van der Waals surface area contributed by atoms with Crippen LogP contribution in [0.3, 0.4) is 0 Å². The quantitative estimate of drug-likeness (QED) is 0.550. The van der Waals surface area contributed by atoms with Crippen LogP contribution in [0, 0.1) is 6.92 Å². The lowest BCUT2D eigenvalue weighted by atomic mass is 10.2. The zero-order chi connectivity index (χ0) is 18.7. The molecule has 1 N–H and O–H groups in total. The number of benzene rings is 2. The van der Waals surface area contributed by atoms with Crippen LogP contribution >= 0.6 is 11.8 Å². The number of thioether (sulfide) groups is 1. The third-order valence-corrected chi connectivity index (χ3v) is 5.17. The Morgan fingerprint density at radius 1 is 1.23 bits per heavy atom. The van der Waals surface area contributed by atoms with Crippen molar-refractivity contribution < 1.29 is 4.79 Å². The van der Waals surface area contributed by atoms with Crippen LogP contribution in [0.1, 0.15) is 19.4 Å². The van der Waals surface area contributed by atoms with Gasteiger partial charge in [0.25, 0.3) is 5.56 Å². The van der Waals surface area contributed by atoms with Crippen LogP contribution in [-0.4, -0.2) is 20.7 Å². The summed E-state index contributed by atoms with van der Waals surface area (Å²) in [4.78, 5) is 29.8. The molecule has 2 aromatic carbocycles. The van der Waals surface area contributed by atoms with Crippen molar-refractivity contribution in [2.45, 2.75) is 37.7 Å². The second kappa shape index (κ2) is 7.74. The largest absolute Gasteiger partial charge is 0.325 e. The molecule has 0 radical (unpaired) electrons. The minimum absolute atomic E-state index is 0.0770. The molecule has 0 aliphatic heterocycles. The fourth-order valence-electron chi connectivity index (χ4n) is 2.69. The Morgan fingerprint density at radius 2 is 2.00 bits per heavy atom. The maximum Gasteiger partial charge on any atom is 0.262 e. The van der Waals surface area contributed by atoms with Gasteiger partial charge in [0.2, 0.25) is 5.91 Å². The SMILES string of the molecule is CCn1c(S[C@H](C)C(=O)Nc2cccc(C)c2)nc2ccccc2c1=O. The molecule has 1 atom stereocenters. The van der Waals surface area contributed by atoms with Gasteiger partial charge in [0.1, 0.15) is 0 Å². The van der Waals surface area contributed by atoms with Gasteiger partial charge in [-0.25, -0.2) is 4.98 Å². The second-order valence-electron chi connectivity index (χ2n) is 6.08. The molecule has 1 heterocycles. The first kappa shape index (κ1) is 18.2. The Bertz CT molecular complexity index is 1010. The highest BCUT2D eigenvalue weighted by molar-refractivity contribution is 8.00. The standard InChI is InChI=1S/C20H21N3O2S/c1-4-23-19(25)16-10-5-6-11-17(16)22-20(23)26-14(3)18(24)21-15-9-7-8-13(2)12-15/h5-12,14H,4H2,1-3H3,(H,21,24)/t14-/m1/s1. The number of carbonyl (C=O) groups excluding carboxylic acids is 1. The van der Waals surface area contributed by atoms with E-state index in [9.17, 15) is 9.59 Å². The smallest absolute Gasteiger partial charge is 0.262 e. The fraction of sp³-hybridized carbons (Fsp3) is 0.250. The minimum Gasteiger partial charge on any atom is -0.325 e. The predicted octanol–water partition coefficient (Wildman–Crippen LogP) is 3.84. The lowest BCUT2D eigenvalue weighted by molar-refractivity contribution is -0.115. The molecule has 26 heavy (non-hydrogen) atoms. The normalized spacial score (nSPS) is 12.1. The molecule has 3 aromatic rings. The molecule has 0 bridgehead atoms. The summed E-state index contributed by atoms with van der Waals surface area (Å²) in [6.45, 7) is 6.20. The van der Waals surface area contributed by atoms with Crippen LogP contribution in [0.15, 0.2) is 58.5 Å². The number of fused-ring (bicyclic) bond motifs is 1. The van der Waals surface area contributed by atoms with E-state index in [1.54, 1.807) is 10.6 Å². The molecule has 0 spiro atoms. The van der Waals surface area contributed by atoms with Crippen molar-refractivity contribution in [3.05, 3.63) is 64.4 Å². The average Bonchev–Trinajstić information content (AvgIpc) is 2.62. The summed E-state index contributed by atoms with van der Waals surface area (Å²) in [5.41, 5.74) is 2.42. The van der Waals surface area contributed by atoms with E-state index >= 15 is 0 Å². The van der Waals surface area contributed by atoms with E-state index in [4.69, 9.17) is 0 Å². The molecule has 134 valence electrons. The lowest BCUT2D eigenvalue weighted by Crippen LogP contribution is -2.26. The third kappa shape index (κ3) is 3.80. The molecule has 0 saturated carbocycles. The maximum absolute atomic E-state index is 12.7. The summed E-state index contributed by atoms with van der Waals surface area (Å²) in [6.07, 6.45) is 0. The average molecular weight is 367 g/mol. The van der Waals surface area contributed by atoms with E-state index in [-0.39, 0.29) is 16.7 Å². The summed E-state index contributed by atoms with van der Waals surface area (Å²) in [5, 5.41) is 3.68. The van der Waals surface area contributed by atoms with Gasteiger partial charge in [0.15, 0.2) is 5.16 Å². The number of hydrogen-bond acceptors (Lipinski definition) is 4. The van der Waals surface area contributed by atoms with Gasteiger partial charge in [0, 0.05) is 12.2 Å². The Hall–Kier alpha value is -2.60. The van der Waals surface area contributed by atoms with Gasteiger partial charge in [-0.1, -0.05) is 36.0 Å². The summed E-state index contributed by atoms with van der Waals surface area (Å²) >= 11 is 1.30. The van der Waals surface area contributed by atoms with Crippen LogP contribution in [0.5, 0.6) is 0 Å². The molecule has 0 saturated heterocycles. The summed E-state index contributed by atoms with van der Waals surface area (Å²) in [7, 11) is 0. The van der Waals surface area contributed by atoms with E-state index in [2.05, 4.69) is 10.3 Å². The first-order valence-corrected chi connectivity index (χ1v) is 9.41. The van der Waals surface area contributed by atoms with Crippen molar-refractivity contribution in [2.24, 2.45) is 0 Å². The van der Waals surface area contributed by atoms with Crippen molar-refractivity contribution in [3.63, 3.8) is 0 Å². The van der Waals surface area contributed by atoms with Gasteiger partial charge in [-0.15, -0.1) is 0 Å². The zero-order valence-corrected chi connectivity index (χ0v) is 15.8. The first-order chi connectivity index (χ1) is 12.5. The number of aromatic nitrogens is 2. The number of amides is 1. The van der Waals surface area contributed by atoms with Crippen LogP contribution < -0.4 is 10.9 Å². The van der Waals surface area contributed by atoms with Crippen molar-refractivity contribution in [2.75, 3.05) is 5.32 Å². The van der Waals surface area contributed by atoms with E-state index < -0.39 is 0 Å². The summed E-state index contributed by atoms with van der Waals surface area (Å²) in [5.74, 6) is -0.120. The number of rotatable bonds is 5. The molecular formula is C20H21N3O2S. The van der Waals surface area contributed by atoms with Crippen LogP contribution in [0.4, 0.5) is 5.69 Å². The molecule has 1 amide bonds. The number of carbonyl (C=O) groups is 1.